The lowest BCUT2D eigenvalue weighted by Gasteiger charge is -2.06. The lowest BCUT2D eigenvalue weighted by Crippen LogP contribution is -2.10. The van der Waals surface area contributed by atoms with Crippen LogP contribution in [0.2, 0.25) is 0 Å². The van der Waals surface area contributed by atoms with E-state index in [9.17, 15) is 9.18 Å². The fraction of sp³-hybridized carbons (Fsp3) is 0.0909. The largest absolute Gasteiger partial charge is 0.496 e. The number of benzene rings is 1. The number of halogens is 1. The fourth-order valence-electron chi connectivity index (χ4n) is 1.50. The predicted molar refractivity (Wildman–Crippen MR) is 59.1 cm³/mol. The molecule has 0 saturated carbocycles. The molecule has 3 N–H and O–H groups in total. The summed E-state index contributed by atoms with van der Waals surface area (Å²) < 4.78 is 18.7. The quantitative estimate of drug-likeness (QED) is 0.841. The zero-order chi connectivity index (χ0) is 12.4. The van der Waals surface area contributed by atoms with Gasteiger partial charge in [0.25, 0.3) is 5.91 Å². The first-order valence-corrected chi connectivity index (χ1v) is 4.81. The highest BCUT2D eigenvalue weighted by Gasteiger charge is 2.15. The smallest absolute Gasteiger partial charge is 0.266 e. The van der Waals surface area contributed by atoms with Crippen molar-refractivity contribution in [2.24, 2.45) is 5.73 Å². The van der Waals surface area contributed by atoms with Gasteiger partial charge in [0, 0.05) is 0 Å². The number of carbonyl (C=O) groups is 1. The van der Waals surface area contributed by atoms with Crippen LogP contribution in [0.25, 0.3) is 11.3 Å². The molecule has 0 saturated heterocycles. The number of H-pyrrole nitrogens is 1. The van der Waals surface area contributed by atoms with E-state index in [4.69, 9.17) is 10.5 Å². The Morgan fingerprint density at radius 3 is 2.88 bits per heavy atom. The van der Waals surface area contributed by atoms with E-state index in [1.165, 1.54) is 25.3 Å². The molecule has 0 atom stereocenters. The highest BCUT2D eigenvalue weighted by atomic mass is 19.1. The van der Waals surface area contributed by atoms with Gasteiger partial charge in [-0.15, -0.1) is 0 Å². The van der Waals surface area contributed by atoms with Crippen molar-refractivity contribution in [2.75, 3.05) is 7.11 Å². The van der Waals surface area contributed by atoms with Gasteiger partial charge < -0.3 is 10.5 Å². The molecule has 0 aliphatic carbocycles. The van der Waals surface area contributed by atoms with Crippen LogP contribution in [0.3, 0.4) is 0 Å². The molecule has 1 amide bonds. The molecule has 5 nitrogen and oxygen atoms in total. The summed E-state index contributed by atoms with van der Waals surface area (Å²) in [5, 5.41) is 6.27. The van der Waals surface area contributed by atoms with Crippen LogP contribution < -0.4 is 10.5 Å². The summed E-state index contributed by atoms with van der Waals surface area (Å²) in [4.78, 5) is 10.9. The van der Waals surface area contributed by atoms with Gasteiger partial charge >= 0.3 is 0 Å². The van der Waals surface area contributed by atoms with Gasteiger partial charge in [0.15, 0.2) is 0 Å². The highest BCUT2D eigenvalue weighted by molar-refractivity contribution is 5.92. The second kappa shape index (κ2) is 4.25. The predicted octanol–water partition coefficient (Wildman–Crippen LogP) is 1.32. The minimum absolute atomic E-state index is 0.116. The van der Waals surface area contributed by atoms with E-state index in [-0.39, 0.29) is 17.0 Å². The maximum absolute atomic E-state index is 13.7. The van der Waals surface area contributed by atoms with Crippen molar-refractivity contribution in [3.05, 3.63) is 35.8 Å². The van der Waals surface area contributed by atoms with E-state index in [1.807, 2.05) is 0 Å². The standard InChI is InChI=1S/C11H10FN3O2/c1-17-9-4-2-3-6(12)10(9)7-5-8(11(13)16)15-14-7/h2-5H,1H3,(H2,13,16)(H,14,15). The van der Waals surface area contributed by atoms with Crippen molar-refractivity contribution < 1.29 is 13.9 Å². The summed E-state index contributed by atoms with van der Waals surface area (Å²) in [6, 6.07) is 5.80. The molecule has 2 rings (SSSR count). The molecule has 0 aliphatic heterocycles. The van der Waals surface area contributed by atoms with Gasteiger partial charge in [-0.05, 0) is 18.2 Å². The van der Waals surface area contributed by atoms with Crippen LogP contribution in [-0.4, -0.2) is 23.2 Å². The van der Waals surface area contributed by atoms with Gasteiger partial charge in [-0.25, -0.2) is 4.39 Å². The molecule has 0 bridgehead atoms. The lowest BCUT2D eigenvalue weighted by atomic mass is 10.1. The van der Waals surface area contributed by atoms with Gasteiger partial charge in [0.2, 0.25) is 0 Å². The topological polar surface area (TPSA) is 81.0 Å². The molecule has 0 unspecified atom stereocenters. The van der Waals surface area contributed by atoms with Crippen molar-refractivity contribution in [1.82, 2.24) is 10.2 Å². The van der Waals surface area contributed by atoms with Crippen LogP contribution in [0.4, 0.5) is 4.39 Å². The third-order valence-corrected chi connectivity index (χ3v) is 2.29. The van der Waals surface area contributed by atoms with Crippen molar-refractivity contribution in [3.63, 3.8) is 0 Å². The molecule has 0 radical (unpaired) electrons. The van der Waals surface area contributed by atoms with Gasteiger partial charge in [0.1, 0.15) is 17.3 Å². The number of aromatic nitrogens is 2. The Labute approximate surface area is 96.4 Å². The maximum atomic E-state index is 13.7. The molecule has 1 heterocycles. The number of aromatic amines is 1. The first-order valence-electron chi connectivity index (χ1n) is 4.81. The maximum Gasteiger partial charge on any atom is 0.266 e. The summed E-state index contributed by atoms with van der Waals surface area (Å²) >= 11 is 0. The van der Waals surface area contributed by atoms with E-state index in [0.29, 0.717) is 5.75 Å². The van der Waals surface area contributed by atoms with Crippen molar-refractivity contribution >= 4 is 5.91 Å². The van der Waals surface area contributed by atoms with Crippen LogP contribution in [0.1, 0.15) is 10.5 Å². The number of hydrogen-bond donors (Lipinski definition) is 2. The Kier molecular flexibility index (Phi) is 2.78. The van der Waals surface area contributed by atoms with Crippen LogP contribution in [-0.2, 0) is 0 Å². The van der Waals surface area contributed by atoms with Crippen molar-refractivity contribution in [3.8, 4) is 17.0 Å². The summed E-state index contributed by atoms with van der Waals surface area (Å²) in [7, 11) is 1.43. The van der Waals surface area contributed by atoms with E-state index >= 15 is 0 Å². The van der Waals surface area contributed by atoms with Crippen LogP contribution in [0.5, 0.6) is 5.75 Å². The summed E-state index contributed by atoms with van der Waals surface area (Å²) in [5.74, 6) is -0.793. The molecule has 0 aliphatic rings. The van der Waals surface area contributed by atoms with Gasteiger partial charge in [-0.1, -0.05) is 6.07 Å². The lowest BCUT2D eigenvalue weighted by molar-refractivity contribution is 0.0995. The van der Waals surface area contributed by atoms with E-state index in [1.54, 1.807) is 6.07 Å². The number of methoxy groups -OCH3 is 1. The van der Waals surface area contributed by atoms with Crippen LogP contribution in [0, 0.1) is 5.82 Å². The molecule has 17 heavy (non-hydrogen) atoms. The van der Waals surface area contributed by atoms with Crippen LogP contribution >= 0.6 is 0 Å². The first-order chi connectivity index (χ1) is 8.13. The number of nitrogens with one attached hydrogen (secondary N) is 1. The Bertz CT molecular complexity index is 566. The number of ether oxygens (including phenoxy) is 1. The Balaban J connectivity index is 2.55. The normalized spacial score (nSPS) is 10.2. The zero-order valence-corrected chi connectivity index (χ0v) is 9.03. The number of primary amides is 1. The Morgan fingerprint density at radius 1 is 1.53 bits per heavy atom. The third-order valence-electron chi connectivity index (χ3n) is 2.29. The van der Waals surface area contributed by atoms with Gasteiger partial charge in [-0.2, -0.15) is 5.10 Å². The summed E-state index contributed by atoms with van der Waals surface area (Å²) in [6.45, 7) is 0. The number of carbonyl (C=O) groups excluding carboxylic acids is 1. The Hall–Kier alpha value is -2.37. The molecule has 88 valence electrons. The first kappa shape index (κ1) is 11.1. The second-order valence-electron chi connectivity index (χ2n) is 3.35. The van der Waals surface area contributed by atoms with Crippen molar-refractivity contribution in [2.45, 2.75) is 0 Å². The van der Waals surface area contributed by atoms with Crippen LogP contribution in [0.15, 0.2) is 24.3 Å². The van der Waals surface area contributed by atoms with E-state index in [0.717, 1.165) is 0 Å². The summed E-state index contributed by atoms with van der Waals surface area (Å²) in [5.41, 5.74) is 5.66. The van der Waals surface area contributed by atoms with E-state index in [2.05, 4.69) is 10.2 Å². The number of nitrogens with zero attached hydrogens (tertiary/aromatic N) is 1. The minimum Gasteiger partial charge on any atom is -0.496 e. The average Bonchev–Trinajstić information content (AvgIpc) is 2.77. The van der Waals surface area contributed by atoms with E-state index < -0.39 is 11.7 Å². The SMILES string of the molecule is COc1cccc(F)c1-c1cc(C(N)=O)[nH]n1. The molecule has 1 aromatic carbocycles. The molecular weight excluding hydrogens is 225 g/mol. The third kappa shape index (κ3) is 1.96. The highest BCUT2D eigenvalue weighted by Crippen LogP contribution is 2.31. The summed E-state index contributed by atoms with van der Waals surface area (Å²) in [6.07, 6.45) is 0. The number of rotatable bonds is 3. The van der Waals surface area contributed by atoms with Gasteiger partial charge in [0.05, 0.1) is 18.4 Å². The number of nitrogens with two attached hydrogens (primary N) is 1. The number of hydrogen-bond acceptors (Lipinski definition) is 3. The molecule has 0 fully saturated rings. The fourth-order valence-corrected chi connectivity index (χ4v) is 1.50. The monoisotopic (exact) mass is 235 g/mol. The molecular formula is C11H10FN3O2. The van der Waals surface area contributed by atoms with Crippen molar-refractivity contribution in [1.29, 1.82) is 0 Å². The molecule has 0 spiro atoms. The zero-order valence-electron chi connectivity index (χ0n) is 9.03. The second-order valence-corrected chi connectivity index (χ2v) is 3.35. The van der Waals surface area contributed by atoms with Gasteiger partial charge in [-0.3, -0.25) is 9.89 Å². The number of amides is 1. The minimum atomic E-state index is -0.654. The average molecular weight is 235 g/mol. The Morgan fingerprint density at radius 2 is 2.29 bits per heavy atom. The molecule has 6 heteroatoms. The molecule has 1 aromatic heterocycles. The molecule has 2 aromatic rings.